The van der Waals surface area contributed by atoms with Crippen molar-refractivity contribution in [1.82, 2.24) is 15.5 Å². The van der Waals surface area contributed by atoms with Crippen LogP contribution in [0.4, 0.5) is 4.79 Å². The molecule has 0 bridgehead atoms. The van der Waals surface area contributed by atoms with Crippen LogP contribution in [0.1, 0.15) is 39.0 Å². The van der Waals surface area contributed by atoms with E-state index in [0.29, 0.717) is 18.5 Å². The number of amides is 2. The number of carbonyl (C=O) groups is 2. The molecule has 2 fully saturated rings. The van der Waals surface area contributed by atoms with Gasteiger partial charge in [0.15, 0.2) is 0 Å². The van der Waals surface area contributed by atoms with Gasteiger partial charge < -0.3 is 15.7 Å². The summed E-state index contributed by atoms with van der Waals surface area (Å²) in [5.74, 6) is -0.513. The van der Waals surface area contributed by atoms with Gasteiger partial charge in [-0.1, -0.05) is 0 Å². The summed E-state index contributed by atoms with van der Waals surface area (Å²) in [4.78, 5) is 25.0. The number of hydrogen-bond acceptors (Lipinski definition) is 3. The van der Waals surface area contributed by atoms with Crippen molar-refractivity contribution in [2.45, 2.75) is 51.1 Å². The highest BCUT2D eigenvalue weighted by Crippen LogP contribution is 2.33. The SMILES string of the molecule is CC(CNC(=O)NC(CC(=O)O)C1CC1)N1CCCC1. The van der Waals surface area contributed by atoms with Crippen LogP contribution in [0.3, 0.4) is 0 Å². The smallest absolute Gasteiger partial charge is 0.315 e. The maximum absolute atomic E-state index is 11.9. The van der Waals surface area contributed by atoms with Crippen LogP contribution in [0.15, 0.2) is 0 Å². The lowest BCUT2D eigenvalue weighted by Gasteiger charge is -2.24. The molecule has 1 aliphatic heterocycles. The Hall–Kier alpha value is -1.30. The first-order valence-electron chi connectivity index (χ1n) is 7.56. The lowest BCUT2D eigenvalue weighted by atomic mass is 10.1. The van der Waals surface area contributed by atoms with E-state index in [-0.39, 0.29) is 18.5 Å². The Bertz CT molecular complexity index is 352. The molecule has 2 rings (SSSR count). The van der Waals surface area contributed by atoms with Crippen molar-refractivity contribution >= 4 is 12.0 Å². The zero-order chi connectivity index (χ0) is 14.5. The highest BCUT2D eigenvalue weighted by molar-refractivity contribution is 5.75. The average Bonchev–Trinajstić information content (AvgIpc) is 3.09. The number of urea groups is 1. The van der Waals surface area contributed by atoms with Crippen LogP contribution in [0.25, 0.3) is 0 Å². The summed E-state index contributed by atoms with van der Waals surface area (Å²) in [6, 6.07) is -0.133. The monoisotopic (exact) mass is 283 g/mol. The minimum Gasteiger partial charge on any atom is -0.481 e. The van der Waals surface area contributed by atoms with E-state index in [1.165, 1.54) is 12.8 Å². The van der Waals surface area contributed by atoms with Gasteiger partial charge in [0.2, 0.25) is 0 Å². The van der Waals surface area contributed by atoms with Crippen LogP contribution in [0.5, 0.6) is 0 Å². The maximum Gasteiger partial charge on any atom is 0.315 e. The second-order valence-electron chi connectivity index (χ2n) is 5.99. The Kier molecular flexibility index (Phi) is 5.23. The van der Waals surface area contributed by atoms with Crippen molar-refractivity contribution in [3.05, 3.63) is 0 Å². The number of hydrogen-bond donors (Lipinski definition) is 3. The molecule has 0 aromatic heterocycles. The van der Waals surface area contributed by atoms with Gasteiger partial charge in [-0.3, -0.25) is 9.69 Å². The van der Waals surface area contributed by atoms with E-state index in [9.17, 15) is 9.59 Å². The number of aliphatic carboxylic acids is 1. The van der Waals surface area contributed by atoms with Crippen molar-refractivity contribution in [3.63, 3.8) is 0 Å². The van der Waals surface area contributed by atoms with Gasteiger partial charge in [0.25, 0.3) is 0 Å². The molecule has 6 heteroatoms. The zero-order valence-corrected chi connectivity index (χ0v) is 12.1. The quantitative estimate of drug-likeness (QED) is 0.651. The highest BCUT2D eigenvalue weighted by atomic mass is 16.4. The van der Waals surface area contributed by atoms with E-state index >= 15 is 0 Å². The van der Waals surface area contributed by atoms with Crippen molar-refractivity contribution in [1.29, 1.82) is 0 Å². The van der Waals surface area contributed by atoms with Gasteiger partial charge in [-0.05, 0) is 51.6 Å². The third-order valence-corrected chi connectivity index (χ3v) is 4.22. The molecule has 1 saturated heterocycles. The number of carboxylic acids is 1. The Balaban J connectivity index is 1.69. The summed E-state index contributed by atoms with van der Waals surface area (Å²) in [6.07, 6.45) is 4.52. The first-order chi connectivity index (χ1) is 9.56. The van der Waals surface area contributed by atoms with Gasteiger partial charge in [0, 0.05) is 18.6 Å². The molecule has 2 unspecified atom stereocenters. The Labute approximate surface area is 119 Å². The van der Waals surface area contributed by atoms with Crippen LogP contribution in [0.2, 0.25) is 0 Å². The number of carboxylic acid groups (broad SMARTS) is 1. The molecule has 114 valence electrons. The third-order valence-electron chi connectivity index (χ3n) is 4.22. The summed E-state index contributed by atoms with van der Waals surface area (Å²) in [5.41, 5.74) is 0. The molecule has 0 aromatic carbocycles. The average molecular weight is 283 g/mol. The molecule has 1 heterocycles. The van der Waals surface area contributed by atoms with E-state index < -0.39 is 5.97 Å². The van der Waals surface area contributed by atoms with Gasteiger partial charge in [-0.2, -0.15) is 0 Å². The van der Waals surface area contributed by atoms with Crippen LogP contribution >= 0.6 is 0 Å². The molecule has 2 atom stereocenters. The summed E-state index contributed by atoms with van der Waals surface area (Å²) in [7, 11) is 0. The van der Waals surface area contributed by atoms with E-state index in [2.05, 4.69) is 22.5 Å². The second-order valence-corrected chi connectivity index (χ2v) is 5.99. The van der Waals surface area contributed by atoms with E-state index in [4.69, 9.17) is 5.11 Å². The normalized spacial score (nSPS) is 22.2. The minimum atomic E-state index is -0.854. The third kappa shape index (κ3) is 4.67. The van der Waals surface area contributed by atoms with Gasteiger partial charge in [0.05, 0.1) is 6.42 Å². The Morgan fingerprint density at radius 3 is 2.50 bits per heavy atom. The molecule has 0 radical (unpaired) electrons. The highest BCUT2D eigenvalue weighted by Gasteiger charge is 2.33. The molecule has 0 spiro atoms. The standard InChI is InChI=1S/C14H25N3O3/c1-10(17-6-2-3-7-17)9-15-14(20)16-12(8-13(18)19)11-4-5-11/h10-12H,2-9H2,1H3,(H,18,19)(H2,15,16,20). The van der Waals surface area contributed by atoms with Crippen molar-refractivity contribution in [2.75, 3.05) is 19.6 Å². The Morgan fingerprint density at radius 2 is 1.95 bits per heavy atom. The predicted molar refractivity (Wildman–Crippen MR) is 75.6 cm³/mol. The zero-order valence-electron chi connectivity index (χ0n) is 12.1. The largest absolute Gasteiger partial charge is 0.481 e. The number of rotatable bonds is 7. The minimum absolute atomic E-state index is 0.0137. The van der Waals surface area contributed by atoms with Crippen molar-refractivity contribution in [2.24, 2.45) is 5.92 Å². The predicted octanol–water partition coefficient (Wildman–Crippen LogP) is 1.02. The van der Waals surface area contributed by atoms with Gasteiger partial charge in [-0.25, -0.2) is 4.79 Å². The van der Waals surface area contributed by atoms with Gasteiger partial charge in [-0.15, -0.1) is 0 Å². The van der Waals surface area contributed by atoms with Crippen LogP contribution in [-0.2, 0) is 4.79 Å². The van der Waals surface area contributed by atoms with Gasteiger partial charge in [0.1, 0.15) is 0 Å². The molecule has 2 amide bonds. The lowest BCUT2D eigenvalue weighted by Crippen LogP contribution is -2.48. The first kappa shape index (κ1) is 15.1. The molecule has 20 heavy (non-hydrogen) atoms. The number of carbonyl (C=O) groups excluding carboxylic acids is 1. The topological polar surface area (TPSA) is 81.7 Å². The van der Waals surface area contributed by atoms with E-state index in [0.717, 1.165) is 25.9 Å². The first-order valence-corrected chi connectivity index (χ1v) is 7.56. The molecule has 0 aromatic rings. The molecule has 1 aliphatic carbocycles. The molecule has 1 saturated carbocycles. The number of nitrogens with one attached hydrogen (secondary N) is 2. The summed E-state index contributed by atoms with van der Waals surface area (Å²) < 4.78 is 0. The molecule has 3 N–H and O–H groups in total. The lowest BCUT2D eigenvalue weighted by molar-refractivity contribution is -0.137. The molecular formula is C14H25N3O3. The number of likely N-dealkylation sites (tertiary alicyclic amines) is 1. The Morgan fingerprint density at radius 1 is 1.30 bits per heavy atom. The summed E-state index contributed by atoms with van der Waals surface area (Å²) in [6.45, 7) is 4.93. The van der Waals surface area contributed by atoms with E-state index in [1.54, 1.807) is 0 Å². The fourth-order valence-electron chi connectivity index (χ4n) is 2.79. The van der Waals surface area contributed by atoms with Crippen molar-refractivity contribution in [3.8, 4) is 0 Å². The van der Waals surface area contributed by atoms with Crippen LogP contribution in [-0.4, -0.2) is 53.7 Å². The molecular weight excluding hydrogens is 258 g/mol. The van der Waals surface area contributed by atoms with Gasteiger partial charge >= 0.3 is 12.0 Å². The fourth-order valence-corrected chi connectivity index (χ4v) is 2.79. The molecule has 2 aliphatic rings. The second kappa shape index (κ2) is 6.92. The summed E-state index contributed by atoms with van der Waals surface area (Å²) in [5, 5.41) is 14.5. The van der Waals surface area contributed by atoms with Crippen molar-refractivity contribution < 1.29 is 14.7 Å². The van der Waals surface area contributed by atoms with Crippen LogP contribution < -0.4 is 10.6 Å². The fraction of sp³-hybridized carbons (Fsp3) is 0.857. The van der Waals surface area contributed by atoms with Crippen LogP contribution in [0, 0.1) is 5.92 Å². The maximum atomic E-state index is 11.9. The number of nitrogens with zero attached hydrogens (tertiary/aromatic N) is 1. The molecule has 6 nitrogen and oxygen atoms in total. The van der Waals surface area contributed by atoms with E-state index in [1.807, 2.05) is 0 Å². The summed E-state index contributed by atoms with van der Waals surface area (Å²) >= 11 is 0.